The Balaban J connectivity index is 1.57. The third-order valence-corrected chi connectivity index (χ3v) is 6.96. The van der Waals surface area contributed by atoms with Crippen molar-refractivity contribution >= 4 is 22.6 Å². The number of amides is 1. The number of fused-ring (bicyclic) bond motifs is 1. The van der Waals surface area contributed by atoms with Crippen molar-refractivity contribution in [2.45, 2.75) is 71.2 Å². The molecule has 0 bridgehead atoms. The van der Waals surface area contributed by atoms with Gasteiger partial charge in [-0.05, 0) is 83.0 Å². The molecular formula is C30H35NO9. The highest BCUT2D eigenvalue weighted by Crippen LogP contribution is 2.35. The zero-order valence-corrected chi connectivity index (χ0v) is 23.3. The topological polar surface area (TPSA) is 148 Å². The first-order chi connectivity index (χ1) is 18.8. The highest BCUT2D eigenvalue weighted by Gasteiger charge is 2.50. The standard InChI is InChI=1S/C30H35NO9/c1-15(2)7-8-17-13-19(9-11-21(17)32)27(35)31-20-14-18-10-12-22(16(3)25(18)39-28(20)36)38-29-24(34)23(33)26(37-6)30(4,5)40-29/h7,9-14,23-24,26,29,32-34H,8H2,1-6H3,(H,31,35)/t23-,24+,26+,29+/m0/s1. The number of hydrogen-bond donors (Lipinski definition) is 4. The summed E-state index contributed by atoms with van der Waals surface area (Å²) in [5.41, 5.74) is 0.872. The van der Waals surface area contributed by atoms with Gasteiger partial charge in [0.05, 0.1) is 5.60 Å². The van der Waals surface area contributed by atoms with Gasteiger partial charge < -0.3 is 39.3 Å². The average Bonchev–Trinajstić information content (AvgIpc) is 2.89. The van der Waals surface area contributed by atoms with Crippen molar-refractivity contribution in [3.8, 4) is 11.5 Å². The number of carbonyl (C=O) groups is 1. The third kappa shape index (κ3) is 5.90. The molecule has 10 heteroatoms. The van der Waals surface area contributed by atoms with Crippen LogP contribution in [0.4, 0.5) is 5.69 Å². The number of aromatic hydroxyl groups is 1. The fourth-order valence-corrected chi connectivity index (χ4v) is 4.75. The Morgan fingerprint density at radius 2 is 1.85 bits per heavy atom. The highest BCUT2D eigenvalue weighted by atomic mass is 16.7. The molecule has 40 heavy (non-hydrogen) atoms. The number of carbonyl (C=O) groups excluding carboxylic acids is 1. The van der Waals surface area contributed by atoms with Crippen LogP contribution in [0, 0.1) is 6.92 Å². The molecular weight excluding hydrogens is 518 g/mol. The zero-order chi connectivity index (χ0) is 29.4. The maximum absolute atomic E-state index is 12.9. The van der Waals surface area contributed by atoms with E-state index >= 15 is 0 Å². The van der Waals surface area contributed by atoms with Gasteiger partial charge in [-0.15, -0.1) is 0 Å². The van der Waals surface area contributed by atoms with Crippen molar-refractivity contribution in [3.05, 3.63) is 75.2 Å². The first-order valence-electron chi connectivity index (χ1n) is 12.9. The number of phenols is 1. The quantitative estimate of drug-likeness (QED) is 0.253. The van der Waals surface area contributed by atoms with Crippen molar-refractivity contribution in [3.63, 3.8) is 0 Å². The monoisotopic (exact) mass is 553 g/mol. The molecule has 10 nitrogen and oxygen atoms in total. The van der Waals surface area contributed by atoms with E-state index in [9.17, 15) is 24.9 Å². The molecule has 1 aliphatic heterocycles. The third-order valence-electron chi connectivity index (χ3n) is 6.96. The second-order valence-electron chi connectivity index (χ2n) is 10.7. The molecule has 2 aromatic carbocycles. The molecule has 4 rings (SSSR count). The van der Waals surface area contributed by atoms with E-state index in [0.29, 0.717) is 22.9 Å². The van der Waals surface area contributed by atoms with E-state index in [1.807, 2.05) is 19.9 Å². The van der Waals surface area contributed by atoms with Crippen LogP contribution in [0.15, 0.2) is 57.3 Å². The molecule has 1 aliphatic rings. The van der Waals surface area contributed by atoms with Gasteiger partial charge in [-0.25, -0.2) is 4.79 Å². The molecule has 1 amide bonds. The second-order valence-corrected chi connectivity index (χ2v) is 10.7. The van der Waals surface area contributed by atoms with Gasteiger partial charge in [0.2, 0.25) is 6.29 Å². The molecule has 0 aliphatic carbocycles. The first kappa shape index (κ1) is 29.3. The maximum atomic E-state index is 12.9. The predicted molar refractivity (Wildman–Crippen MR) is 149 cm³/mol. The van der Waals surface area contributed by atoms with Crippen LogP contribution in [0.25, 0.3) is 11.0 Å². The summed E-state index contributed by atoms with van der Waals surface area (Å²) in [7, 11) is 1.42. The van der Waals surface area contributed by atoms with Crippen LogP contribution >= 0.6 is 0 Å². The molecule has 0 unspecified atom stereocenters. The van der Waals surface area contributed by atoms with Crippen molar-refractivity contribution in [2.75, 3.05) is 12.4 Å². The average molecular weight is 554 g/mol. The lowest BCUT2D eigenvalue weighted by Gasteiger charge is -2.46. The molecule has 1 aromatic heterocycles. The first-order valence-corrected chi connectivity index (χ1v) is 12.9. The van der Waals surface area contributed by atoms with E-state index < -0.39 is 41.7 Å². The Morgan fingerprint density at radius 1 is 1.12 bits per heavy atom. The van der Waals surface area contributed by atoms with E-state index in [1.165, 1.54) is 25.3 Å². The van der Waals surface area contributed by atoms with Crippen molar-refractivity contribution in [2.24, 2.45) is 0 Å². The van der Waals surface area contributed by atoms with Gasteiger partial charge in [0.15, 0.2) is 0 Å². The smallest absolute Gasteiger partial charge is 0.360 e. The Hall–Kier alpha value is -3.70. The lowest BCUT2D eigenvalue weighted by molar-refractivity contribution is -0.306. The Bertz CT molecular complexity index is 1500. The summed E-state index contributed by atoms with van der Waals surface area (Å²) in [6.07, 6.45) is -2.21. The number of anilines is 1. The molecule has 2 heterocycles. The normalized spacial score (nSPS) is 22.1. The Labute approximate surface area is 231 Å². The predicted octanol–water partition coefficient (Wildman–Crippen LogP) is 3.82. The number of phenolic OH excluding ortho intramolecular Hbond substituents is 1. The van der Waals surface area contributed by atoms with Crippen LogP contribution in [0.3, 0.4) is 0 Å². The number of hydrogen-bond acceptors (Lipinski definition) is 9. The summed E-state index contributed by atoms with van der Waals surface area (Å²) >= 11 is 0. The van der Waals surface area contributed by atoms with E-state index in [4.69, 9.17) is 18.6 Å². The maximum Gasteiger partial charge on any atom is 0.360 e. The van der Waals surface area contributed by atoms with Crippen LogP contribution in [0.5, 0.6) is 11.5 Å². The number of aliphatic hydroxyl groups excluding tert-OH is 2. The molecule has 4 N–H and O–H groups in total. The molecule has 3 aromatic rings. The minimum atomic E-state index is -1.39. The molecule has 4 atom stereocenters. The van der Waals surface area contributed by atoms with Gasteiger partial charge in [0, 0.05) is 23.6 Å². The van der Waals surface area contributed by atoms with Gasteiger partial charge in [-0.2, -0.15) is 0 Å². The van der Waals surface area contributed by atoms with Crippen LogP contribution in [0.2, 0.25) is 0 Å². The summed E-state index contributed by atoms with van der Waals surface area (Å²) in [6.45, 7) is 9.00. The molecule has 0 radical (unpaired) electrons. The fourth-order valence-electron chi connectivity index (χ4n) is 4.75. The Morgan fingerprint density at radius 3 is 2.52 bits per heavy atom. The summed E-state index contributed by atoms with van der Waals surface area (Å²) < 4.78 is 22.6. The molecule has 0 spiro atoms. The molecule has 1 fully saturated rings. The van der Waals surface area contributed by atoms with Crippen LogP contribution < -0.4 is 15.7 Å². The molecule has 1 saturated heterocycles. The minimum Gasteiger partial charge on any atom is -0.508 e. The summed E-state index contributed by atoms with van der Waals surface area (Å²) in [6, 6.07) is 9.26. The van der Waals surface area contributed by atoms with Crippen LogP contribution in [-0.2, 0) is 15.9 Å². The number of allylic oxidation sites excluding steroid dienone is 2. The van der Waals surface area contributed by atoms with Crippen molar-refractivity contribution < 1.29 is 38.7 Å². The molecule has 214 valence electrons. The van der Waals surface area contributed by atoms with Gasteiger partial charge in [0.25, 0.3) is 5.91 Å². The summed E-state index contributed by atoms with van der Waals surface area (Å²) in [5.74, 6) is -0.167. The largest absolute Gasteiger partial charge is 0.508 e. The van der Waals surface area contributed by atoms with Gasteiger partial charge in [0.1, 0.15) is 41.1 Å². The fraction of sp³-hybridized carbons (Fsp3) is 0.400. The number of benzene rings is 2. The SMILES string of the molecule is CO[C@@H]1[C@@H](O)[C@@H](O)[C@H](Oc2ccc3cc(NC(=O)c4ccc(O)c(CC=C(C)C)c4)c(=O)oc3c2C)OC1(C)C. The second kappa shape index (κ2) is 11.4. The number of ether oxygens (including phenoxy) is 3. The van der Waals surface area contributed by atoms with E-state index in [0.717, 1.165) is 5.57 Å². The lowest BCUT2D eigenvalue weighted by Crippen LogP contribution is -2.63. The number of rotatable bonds is 7. The molecule has 0 saturated carbocycles. The number of aryl methyl sites for hydroxylation is 1. The van der Waals surface area contributed by atoms with Crippen molar-refractivity contribution in [1.29, 1.82) is 0 Å². The zero-order valence-electron chi connectivity index (χ0n) is 23.3. The highest BCUT2D eigenvalue weighted by molar-refractivity contribution is 6.05. The number of aliphatic hydroxyl groups is 2. The minimum absolute atomic E-state index is 0.0500. The van der Waals surface area contributed by atoms with E-state index in [-0.39, 0.29) is 28.3 Å². The van der Waals surface area contributed by atoms with Gasteiger partial charge in [-0.3, -0.25) is 4.79 Å². The lowest BCUT2D eigenvalue weighted by atomic mass is 9.89. The number of methoxy groups -OCH3 is 1. The number of nitrogens with one attached hydrogen (secondary N) is 1. The van der Waals surface area contributed by atoms with Gasteiger partial charge >= 0.3 is 5.63 Å². The van der Waals surface area contributed by atoms with Crippen LogP contribution in [0.1, 0.15) is 49.2 Å². The van der Waals surface area contributed by atoms with E-state index in [1.54, 1.807) is 39.0 Å². The van der Waals surface area contributed by atoms with Crippen LogP contribution in [-0.4, -0.2) is 58.5 Å². The van der Waals surface area contributed by atoms with Gasteiger partial charge in [-0.1, -0.05) is 11.6 Å². The van der Waals surface area contributed by atoms with Crippen molar-refractivity contribution in [1.82, 2.24) is 0 Å². The Kier molecular flexibility index (Phi) is 8.36. The van der Waals surface area contributed by atoms with E-state index in [2.05, 4.69) is 5.32 Å². The summed E-state index contributed by atoms with van der Waals surface area (Å²) in [5, 5.41) is 34.3. The summed E-state index contributed by atoms with van der Waals surface area (Å²) in [4.78, 5) is 25.7.